The average Bonchev–Trinajstić information content (AvgIpc) is 2.67. The van der Waals surface area contributed by atoms with Crippen LogP contribution in [0.5, 0.6) is 0 Å². The highest BCUT2D eigenvalue weighted by Gasteiger charge is 2.28. The summed E-state index contributed by atoms with van der Waals surface area (Å²) in [4.78, 5) is 0. The van der Waals surface area contributed by atoms with Gasteiger partial charge in [-0.3, -0.25) is 4.31 Å². The molecule has 6 heteroatoms. The van der Waals surface area contributed by atoms with Crippen LogP contribution in [0, 0.1) is 0 Å². The van der Waals surface area contributed by atoms with E-state index in [-0.39, 0.29) is 18.2 Å². The monoisotopic (exact) mass is 290 g/mol. The van der Waals surface area contributed by atoms with Crippen molar-refractivity contribution in [2.75, 3.05) is 23.1 Å². The second-order valence-electron chi connectivity index (χ2n) is 4.19. The SMILES string of the molecule is CCNCc1cccc(N2CCCS2(=O)=O)c1.Cl. The van der Waals surface area contributed by atoms with E-state index >= 15 is 0 Å². The van der Waals surface area contributed by atoms with Gasteiger partial charge in [-0.25, -0.2) is 8.42 Å². The van der Waals surface area contributed by atoms with Gasteiger partial charge in [0.1, 0.15) is 0 Å². The van der Waals surface area contributed by atoms with Gasteiger partial charge < -0.3 is 5.32 Å². The van der Waals surface area contributed by atoms with Crippen molar-refractivity contribution in [2.45, 2.75) is 19.9 Å². The lowest BCUT2D eigenvalue weighted by molar-refractivity contribution is 0.599. The lowest BCUT2D eigenvalue weighted by atomic mass is 10.2. The molecular formula is C12H19ClN2O2S. The molecule has 4 nitrogen and oxygen atoms in total. The Bertz CT molecular complexity index is 491. The topological polar surface area (TPSA) is 49.4 Å². The fraction of sp³-hybridized carbons (Fsp3) is 0.500. The van der Waals surface area contributed by atoms with Crippen molar-refractivity contribution in [3.05, 3.63) is 29.8 Å². The molecule has 1 heterocycles. The molecule has 1 aliphatic heterocycles. The number of nitrogens with zero attached hydrogens (tertiary/aromatic N) is 1. The van der Waals surface area contributed by atoms with Gasteiger partial charge in [-0.1, -0.05) is 19.1 Å². The quantitative estimate of drug-likeness (QED) is 0.919. The number of anilines is 1. The number of halogens is 1. The third-order valence-corrected chi connectivity index (χ3v) is 4.75. The molecule has 0 amide bonds. The summed E-state index contributed by atoms with van der Waals surface area (Å²) in [6, 6.07) is 7.73. The summed E-state index contributed by atoms with van der Waals surface area (Å²) in [5, 5.41) is 3.24. The van der Waals surface area contributed by atoms with Crippen molar-refractivity contribution in [2.24, 2.45) is 0 Å². The van der Waals surface area contributed by atoms with E-state index in [9.17, 15) is 8.42 Å². The summed E-state index contributed by atoms with van der Waals surface area (Å²) < 4.78 is 25.1. The van der Waals surface area contributed by atoms with Crippen LogP contribution in [-0.2, 0) is 16.6 Å². The number of rotatable bonds is 4. The predicted octanol–water partition coefficient (Wildman–Crippen LogP) is 1.76. The van der Waals surface area contributed by atoms with E-state index in [4.69, 9.17) is 0 Å². The van der Waals surface area contributed by atoms with Gasteiger partial charge >= 0.3 is 0 Å². The highest BCUT2D eigenvalue weighted by molar-refractivity contribution is 7.93. The molecule has 102 valence electrons. The van der Waals surface area contributed by atoms with Crippen LogP contribution >= 0.6 is 12.4 Å². The Hall–Kier alpha value is -0.780. The molecule has 0 radical (unpaired) electrons. The Labute approximate surface area is 115 Å². The number of nitrogens with one attached hydrogen (secondary N) is 1. The van der Waals surface area contributed by atoms with E-state index in [2.05, 4.69) is 12.2 Å². The van der Waals surface area contributed by atoms with Crippen LogP contribution in [0.2, 0.25) is 0 Å². The normalized spacial score (nSPS) is 17.5. The van der Waals surface area contributed by atoms with E-state index in [1.807, 2.05) is 24.3 Å². The highest BCUT2D eigenvalue weighted by atomic mass is 35.5. The lowest BCUT2D eigenvalue weighted by Gasteiger charge is -2.17. The van der Waals surface area contributed by atoms with E-state index < -0.39 is 10.0 Å². The van der Waals surface area contributed by atoms with Crippen LogP contribution in [0.1, 0.15) is 18.9 Å². The molecular weight excluding hydrogens is 272 g/mol. The van der Waals surface area contributed by atoms with Gasteiger partial charge in [0.05, 0.1) is 11.4 Å². The first kappa shape index (κ1) is 15.3. The molecule has 1 saturated heterocycles. The van der Waals surface area contributed by atoms with E-state index in [0.717, 1.165) is 30.8 Å². The van der Waals surface area contributed by atoms with Gasteiger partial charge in [0.2, 0.25) is 10.0 Å². The number of hydrogen-bond donors (Lipinski definition) is 1. The maximum Gasteiger partial charge on any atom is 0.235 e. The molecule has 0 atom stereocenters. The lowest BCUT2D eigenvalue weighted by Crippen LogP contribution is -2.25. The average molecular weight is 291 g/mol. The minimum atomic E-state index is -3.06. The second kappa shape index (κ2) is 6.41. The molecule has 1 fully saturated rings. The molecule has 2 rings (SSSR count). The largest absolute Gasteiger partial charge is 0.313 e. The Kier molecular flexibility index (Phi) is 5.44. The molecule has 0 spiro atoms. The summed E-state index contributed by atoms with van der Waals surface area (Å²) in [7, 11) is -3.06. The van der Waals surface area contributed by atoms with Gasteiger partial charge in [-0.15, -0.1) is 12.4 Å². The van der Waals surface area contributed by atoms with Crippen LogP contribution in [0.3, 0.4) is 0 Å². The molecule has 0 aliphatic carbocycles. The molecule has 0 saturated carbocycles. The maximum atomic E-state index is 11.8. The predicted molar refractivity (Wildman–Crippen MR) is 76.8 cm³/mol. The molecule has 1 aliphatic rings. The van der Waals surface area contributed by atoms with Gasteiger partial charge in [0.25, 0.3) is 0 Å². The standard InChI is InChI=1S/C12H18N2O2S.ClH/c1-2-13-10-11-5-3-6-12(9-11)14-7-4-8-17(14,15)16;/h3,5-6,9,13H,2,4,7-8,10H2,1H3;1H. The Morgan fingerprint density at radius 1 is 1.39 bits per heavy atom. The Morgan fingerprint density at radius 2 is 2.17 bits per heavy atom. The number of hydrogen-bond acceptors (Lipinski definition) is 3. The van der Waals surface area contributed by atoms with Crippen molar-refractivity contribution in [3.8, 4) is 0 Å². The van der Waals surface area contributed by atoms with E-state index in [1.54, 1.807) is 0 Å². The third-order valence-electron chi connectivity index (χ3n) is 2.88. The molecule has 1 N–H and O–H groups in total. The number of benzene rings is 1. The van der Waals surface area contributed by atoms with Gasteiger partial charge in [0.15, 0.2) is 0 Å². The van der Waals surface area contributed by atoms with Crippen LogP contribution in [0.25, 0.3) is 0 Å². The van der Waals surface area contributed by atoms with Crippen molar-refractivity contribution >= 4 is 28.1 Å². The van der Waals surface area contributed by atoms with E-state index in [0.29, 0.717) is 6.54 Å². The molecule has 1 aromatic carbocycles. The van der Waals surface area contributed by atoms with Crippen LogP contribution in [0.15, 0.2) is 24.3 Å². The summed E-state index contributed by atoms with van der Waals surface area (Å²) >= 11 is 0. The second-order valence-corrected chi connectivity index (χ2v) is 6.20. The number of sulfonamides is 1. The summed E-state index contributed by atoms with van der Waals surface area (Å²) in [6.45, 7) is 4.34. The van der Waals surface area contributed by atoms with Gasteiger partial charge in [0, 0.05) is 13.1 Å². The summed E-state index contributed by atoms with van der Waals surface area (Å²) in [5.41, 5.74) is 1.91. The summed E-state index contributed by atoms with van der Waals surface area (Å²) in [5.74, 6) is 0.268. The van der Waals surface area contributed by atoms with Crippen molar-refractivity contribution in [3.63, 3.8) is 0 Å². The molecule has 0 bridgehead atoms. The third kappa shape index (κ3) is 3.37. The van der Waals surface area contributed by atoms with Gasteiger partial charge in [-0.05, 0) is 30.7 Å². The van der Waals surface area contributed by atoms with Crippen LogP contribution in [-0.4, -0.2) is 27.3 Å². The van der Waals surface area contributed by atoms with Crippen LogP contribution in [0.4, 0.5) is 5.69 Å². The van der Waals surface area contributed by atoms with Crippen molar-refractivity contribution < 1.29 is 8.42 Å². The zero-order chi connectivity index (χ0) is 12.3. The first-order valence-corrected chi connectivity index (χ1v) is 7.54. The molecule has 18 heavy (non-hydrogen) atoms. The molecule has 0 unspecified atom stereocenters. The van der Waals surface area contributed by atoms with Crippen molar-refractivity contribution in [1.29, 1.82) is 0 Å². The highest BCUT2D eigenvalue weighted by Crippen LogP contribution is 2.24. The minimum Gasteiger partial charge on any atom is -0.313 e. The van der Waals surface area contributed by atoms with E-state index in [1.165, 1.54) is 4.31 Å². The fourth-order valence-corrected chi connectivity index (χ4v) is 3.58. The zero-order valence-electron chi connectivity index (χ0n) is 10.4. The molecule has 0 aromatic heterocycles. The fourth-order valence-electron chi connectivity index (χ4n) is 2.02. The van der Waals surface area contributed by atoms with Crippen molar-refractivity contribution in [1.82, 2.24) is 5.32 Å². The molecule has 1 aromatic rings. The maximum absolute atomic E-state index is 11.8. The minimum absolute atomic E-state index is 0. The van der Waals surface area contributed by atoms with Crippen LogP contribution < -0.4 is 9.62 Å². The first-order chi connectivity index (χ1) is 8.13. The van der Waals surface area contributed by atoms with Gasteiger partial charge in [-0.2, -0.15) is 0 Å². The first-order valence-electron chi connectivity index (χ1n) is 5.93. The zero-order valence-corrected chi connectivity index (χ0v) is 12.1. The smallest absolute Gasteiger partial charge is 0.235 e. The Morgan fingerprint density at radius 3 is 2.78 bits per heavy atom. The Balaban J connectivity index is 0.00000162. The summed E-state index contributed by atoms with van der Waals surface area (Å²) in [6.07, 6.45) is 0.722.